The first kappa shape index (κ1) is 17.7. The Bertz CT molecular complexity index is 943. The predicted molar refractivity (Wildman–Crippen MR) is 102 cm³/mol. The number of para-hydroxylation sites is 1. The van der Waals surface area contributed by atoms with E-state index in [1.165, 1.54) is 0 Å². The fraction of sp³-hybridized carbons (Fsp3) is 0.238. The molecule has 1 heterocycles. The van der Waals surface area contributed by atoms with Crippen LogP contribution in [-0.2, 0) is 11.2 Å². The smallest absolute Gasteiger partial charge is 0.303 e. The normalized spacial score (nSPS) is 10.9. The van der Waals surface area contributed by atoms with E-state index in [9.17, 15) is 9.59 Å². The Balaban J connectivity index is 1.83. The van der Waals surface area contributed by atoms with E-state index in [1.54, 1.807) is 28.8 Å². The molecule has 26 heavy (non-hydrogen) atoms. The van der Waals surface area contributed by atoms with Crippen LogP contribution in [0.2, 0.25) is 0 Å². The summed E-state index contributed by atoms with van der Waals surface area (Å²) in [5.41, 5.74) is 8.90. The molecule has 0 unspecified atom stereocenters. The van der Waals surface area contributed by atoms with E-state index < -0.39 is 5.97 Å². The lowest BCUT2D eigenvalue weighted by Crippen LogP contribution is -2.11. The number of anilines is 1. The Labute approximate surface area is 152 Å². The van der Waals surface area contributed by atoms with E-state index in [4.69, 9.17) is 10.8 Å². The van der Waals surface area contributed by atoms with Crippen LogP contribution in [0.15, 0.2) is 54.7 Å². The molecule has 5 nitrogen and oxygen atoms in total. The van der Waals surface area contributed by atoms with Crippen LogP contribution in [0.3, 0.4) is 0 Å². The Morgan fingerprint density at radius 2 is 1.81 bits per heavy atom. The lowest BCUT2D eigenvalue weighted by Gasteiger charge is -2.04. The highest BCUT2D eigenvalue weighted by atomic mass is 16.4. The number of aromatic nitrogens is 1. The quantitative estimate of drug-likeness (QED) is 0.496. The van der Waals surface area contributed by atoms with E-state index in [0.717, 1.165) is 35.7 Å². The van der Waals surface area contributed by atoms with Crippen molar-refractivity contribution in [1.82, 2.24) is 4.57 Å². The van der Waals surface area contributed by atoms with Gasteiger partial charge in [-0.25, -0.2) is 0 Å². The highest BCUT2D eigenvalue weighted by Crippen LogP contribution is 2.24. The number of carbonyl (C=O) groups excluding carboxylic acids is 1. The van der Waals surface area contributed by atoms with Gasteiger partial charge >= 0.3 is 5.97 Å². The summed E-state index contributed by atoms with van der Waals surface area (Å²) >= 11 is 0. The molecule has 0 saturated carbocycles. The number of hydrogen-bond donors (Lipinski definition) is 2. The molecule has 0 bridgehead atoms. The van der Waals surface area contributed by atoms with E-state index >= 15 is 0 Å². The molecule has 3 rings (SSSR count). The maximum absolute atomic E-state index is 12.9. The summed E-state index contributed by atoms with van der Waals surface area (Å²) in [6.45, 7) is 0. The first-order valence-corrected chi connectivity index (χ1v) is 8.77. The SMILES string of the molecule is Nc1cccc(C(=O)n2cc(CCCCCC(=O)O)c3ccccc32)c1. The number of aryl methyl sites for hydroxylation is 1. The van der Waals surface area contributed by atoms with Crippen LogP contribution in [-0.4, -0.2) is 21.6 Å². The summed E-state index contributed by atoms with van der Waals surface area (Å²) in [6, 6.07) is 14.8. The average Bonchev–Trinajstić information content (AvgIpc) is 2.99. The molecule has 0 amide bonds. The number of nitrogens with two attached hydrogens (primary N) is 1. The first-order valence-electron chi connectivity index (χ1n) is 8.77. The molecule has 134 valence electrons. The highest BCUT2D eigenvalue weighted by Gasteiger charge is 2.15. The third-order valence-corrected chi connectivity index (χ3v) is 4.48. The number of carbonyl (C=O) groups is 2. The van der Waals surface area contributed by atoms with Gasteiger partial charge in [0, 0.05) is 29.3 Å². The summed E-state index contributed by atoms with van der Waals surface area (Å²) in [4.78, 5) is 23.5. The molecule has 0 radical (unpaired) electrons. The second-order valence-electron chi connectivity index (χ2n) is 6.43. The van der Waals surface area contributed by atoms with Gasteiger partial charge in [0.25, 0.3) is 5.91 Å². The first-order chi connectivity index (χ1) is 12.6. The van der Waals surface area contributed by atoms with Crippen LogP contribution in [0.4, 0.5) is 5.69 Å². The Morgan fingerprint density at radius 3 is 2.58 bits per heavy atom. The molecule has 0 saturated heterocycles. The number of rotatable bonds is 7. The summed E-state index contributed by atoms with van der Waals surface area (Å²) in [5, 5.41) is 9.77. The summed E-state index contributed by atoms with van der Waals surface area (Å²) < 4.78 is 1.68. The molecule has 0 aliphatic carbocycles. The van der Waals surface area contributed by atoms with Gasteiger partial charge in [0.2, 0.25) is 0 Å². The van der Waals surface area contributed by atoms with Crippen molar-refractivity contribution in [2.45, 2.75) is 32.1 Å². The molecular weight excluding hydrogens is 328 g/mol. The number of carboxylic acids is 1. The molecular formula is C21H22N2O3. The topological polar surface area (TPSA) is 85.3 Å². The van der Waals surface area contributed by atoms with Gasteiger partial charge < -0.3 is 10.8 Å². The monoisotopic (exact) mass is 350 g/mol. The van der Waals surface area contributed by atoms with Crippen LogP contribution >= 0.6 is 0 Å². The van der Waals surface area contributed by atoms with E-state index in [1.807, 2.05) is 30.5 Å². The van der Waals surface area contributed by atoms with Gasteiger partial charge in [0.1, 0.15) is 0 Å². The van der Waals surface area contributed by atoms with Gasteiger partial charge in [-0.3, -0.25) is 14.2 Å². The van der Waals surface area contributed by atoms with Crippen LogP contribution in [0.5, 0.6) is 0 Å². The molecule has 0 spiro atoms. The third kappa shape index (κ3) is 3.94. The summed E-state index contributed by atoms with van der Waals surface area (Å²) in [7, 11) is 0. The molecule has 0 atom stereocenters. The number of aliphatic carboxylic acids is 1. The van der Waals surface area contributed by atoms with Crippen LogP contribution in [0.25, 0.3) is 10.9 Å². The van der Waals surface area contributed by atoms with Gasteiger partial charge in [0.15, 0.2) is 0 Å². The van der Waals surface area contributed by atoms with E-state index in [0.29, 0.717) is 17.7 Å². The Morgan fingerprint density at radius 1 is 1.00 bits per heavy atom. The second kappa shape index (κ2) is 7.87. The number of nitrogens with zero attached hydrogens (tertiary/aromatic N) is 1. The maximum Gasteiger partial charge on any atom is 0.303 e. The van der Waals surface area contributed by atoms with Gasteiger partial charge in [0.05, 0.1) is 5.52 Å². The van der Waals surface area contributed by atoms with Crippen LogP contribution in [0.1, 0.15) is 41.6 Å². The maximum atomic E-state index is 12.9. The Hall–Kier alpha value is -3.08. The minimum absolute atomic E-state index is 0.106. The van der Waals surface area contributed by atoms with Crippen molar-refractivity contribution in [3.8, 4) is 0 Å². The molecule has 2 aromatic carbocycles. The lowest BCUT2D eigenvalue weighted by atomic mass is 10.1. The number of carboxylic acid groups (broad SMARTS) is 1. The number of hydrogen-bond acceptors (Lipinski definition) is 3. The van der Waals surface area contributed by atoms with Gasteiger partial charge in [-0.05, 0) is 49.1 Å². The number of benzene rings is 2. The highest BCUT2D eigenvalue weighted by molar-refractivity contribution is 6.03. The standard InChI is InChI=1S/C21H22N2O3/c22-17-9-6-8-15(13-17)21(26)23-14-16(7-2-1-3-12-20(24)25)18-10-4-5-11-19(18)23/h4-6,8-11,13-14H,1-3,7,12,22H2,(H,24,25). The molecule has 0 fully saturated rings. The molecule has 5 heteroatoms. The number of unbranched alkanes of at least 4 members (excludes halogenated alkanes) is 2. The summed E-state index contributed by atoms with van der Waals surface area (Å²) in [5.74, 6) is -0.861. The third-order valence-electron chi connectivity index (χ3n) is 4.48. The molecule has 3 aromatic rings. The zero-order chi connectivity index (χ0) is 18.5. The van der Waals surface area contributed by atoms with Crippen molar-refractivity contribution in [2.75, 3.05) is 5.73 Å². The van der Waals surface area contributed by atoms with Gasteiger partial charge in [-0.1, -0.05) is 30.7 Å². The van der Waals surface area contributed by atoms with E-state index in [2.05, 4.69) is 0 Å². The second-order valence-corrected chi connectivity index (χ2v) is 6.43. The van der Waals surface area contributed by atoms with Crippen LogP contribution in [0, 0.1) is 0 Å². The van der Waals surface area contributed by atoms with Crippen molar-refractivity contribution < 1.29 is 14.7 Å². The fourth-order valence-corrected chi connectivity index (χ4v) is 3.20. The predicted octanol–water partition coefficient (Wildman–Crippen LogP) is 4.10. The van der Waals surface area contributed by atoms with Crippen molar-refractivity contribution in [3.05, 3.63) is 65.9 Å². The molecule has 3 N–H and O–H groups in total. The van der Waals surface area contributed by atoms with Crippen molar-refractivity contribution in [1.29, 1.82) is 0 Å². The number of fused-ring (bicyclic) bond motifs is 1. The van der Waals surface area contributed by atoms with Gasteiger partial charge in [-0.2, -0.15) is 0 Å². The average molecular weight is 350 g/mol. The molecule has 1 aromatic heterocycles. The van der Waals surface area contributed by atoms with Gasteiger partial charge in [-0.15, -0.1) is 0 Å². The van der Waals surface area contributed by atoms with Crippen molar-refractivity contribution in [3.63, 3.8) is 0 Å². The van der Waals surface area contributed by atoms with Crippen LogP contribution < -0.4 is 5.73 Å². The zero-order valence-electron chi connectivity index (χ0n) is 14.5. The number of nitrogen functional groups attached to an aromatic ring is 1. The fourth-order valence-electron chi connectivity index (χ4n) is 3.20. The van der Waals surface area contributed by atoms with Crippen molar-refractivity contribution in [2.24, 2.45) is 0 Å². The minimum Gasteiger partial charge on any atom is -0.481 e. The zero-order valence-corrected chi connectivity index (χ0v) is 14.5. The summed E-state index contributed by atoms with van der Waals surface area (Å²) in [6.07, 6.45) is 5.35. The lowest BCUT2D eigenvalue weighted by molar-refractivity contribution is -0.137. The molecule has 0 aliphatic rings. The van der Waals surface area contributed by atoms with Crippen molar-refractivity contribution >= 4 is 28.5 Å². The minimum atomic E-state index is -0.755. The Kier molecular flexibility index (Phi) is 5.37. The van der Waals surface area contributed by atoms with E-state index in [-0.39, 0.29) is 12.3 Å². The largest absolute Gasteiger partial charge is 0.481 e. The molecule has 0 aliphatic heterocycles.